The summed E-state index contributed by atoms with van der Waals surface area (Å²) in [7, 11) is 0. The van der Waals surface area contributed by atoms with Gasteiger partial charge in [0.1, 0.15) is 5.82 Å². The number of hydrogen-bond donors (Lipinski definition) is 1. The molecule has 29 heavy (non-hydrogen) atoms. The topological polar surface area (TPSA) is 74.5 Å². The third kappa shape index (κ3) is 4.46. The highest BCUT2D eigenvalue weighted by atomic mass is 16.4. The Hall–Kier alpha value is -2.77. The molecule has 3 aromatic rings. The van der Waals surface area contributed by atoms with Crippen molar-refractivity contribution < 1.29 is 9.90 Å². The van der Waals surface area contributed by atoms with Crippen molar-refractivity contribution in [1.82, 2.24) is 24.3 Å². The van der Waals surface area contributed by atoms with Crippen LogP contribution in [0.3, 0.4) is 0 Å². The van der Waals surface area contributed by atoms with E-state index in [1.54, 1.807) is 12.1 Å². The molecular formula is C22H27N5O2. The number of piperazine rings is 1. The Morgan fingerprint density at radius 3 is 2.48 bits per heavy atom. The predicted molar refractivity (Wildman–Crippen MR) is 112 cm³/mol. The van der Waals surface area contributed by atoms with Crippen molar-refractivity contribution in [1.29, 1.82) is 0 Å². The van der Waals surface area contributed by atoms with Gasteiger partial charge in [-0.25, -0.2) is 9.78 Å². The van der Waals surface area contributed by atoms with Crippen LogP contribution in [0.5, 0.6) is 0 Å². The van der Waals surface area contributed by atoms with E-state index in [4.69, 9.17) is 4.98 Å². The number of aromatic nitrogens is 3. The highest BCUT2D eigenvalue weighted by Crippen LogP contribution is 2.20. The maximum absolute atomic E-state index is 11.2. The lowest BCUT2D eigenvalue weighted by molar-refractivity contribution is 0.0697. The summed E-state index contributed by atoms with van der Waals surface area (Å²) >= 11 is 0. The van der Waals surface area contributed by atoms with Crippen molar-refractivity contribution in [3.8, 4) is 0 Å². The molecule has 0 saturated carbocycles. The van der Waals surface area contributed by atoms with Gasteiger partial charge < -0.3 is 14.6 Å². The number of rotatable bonds is 7. The summed E-state index contributed by atoms with van der Waals surface area (Å²) in [6.45, 7) is 8.94. The molecule has 0 aliphatic carbocycles. The molecule has 1 saturated heterocycles. The molecule has 1 aliphatic heterocycles. The van der Waals surface area contributed by atoms with Crippen LogP contribution in [0.2, 0.25) is 0 Å². The summed E-state index contributed by atoms with van der Waals surface area (Å²) < 4.78 is 2.19. The second kappa shape index (κ2) is 8.71. The molecule has 0 spiro atoms. The molecule has 7 heteroatoms. The number of aromatic carboxylic acids is 1. The molecular weight excluding hydrogens is 366 g/mol. The average molecular weight is 393 g/mol. The second-order valence-corrected chi connectivity index (χ2v) is 7.50. The highest BCUT2D eigenvalue weighted by Gasteiger charge is 2.20. The van der Waals surface area contributed by atoms with Crippen molar-refractivity contribution >= 4 is 17.0 Å². The number of hydrogen-bond acceptors (Lipinski definition) is 5. The fraction of sp³-hybridized carbons (Fsp3) is 0.409. The van der Waals surface area contributed by atoms with Crippen LogP contribution in [-0.4, -0.2) is 68.1 Å². The Morgan fingerprint density at radius 1 is 1.07 bits per heavy atom. The number of benzene rings is 1. The van der Waals surface area contributed by atoms with E-state index in [0.29, 0.717) is 0 Å². The van der Waals surface area contributed by atoms with Crippen molar-refractivity contribution in [3.05, 3.63) is 59.7 Å². The van der Waals surface area contributed by atoms with E-state index in [2.05, 4.69) is 38.4 Å². The van der Waals surface area contributed by atoms with Crippen LogP contribution in [0.25, 0.3) is 11.0 Å². The first-order chi connectivity index (χ1) is 14.1. The zero-order valence-electron chi connectivity index (χ0n) is 16.8. The van der Waals surface area contributed by atoms with Gasteiger partial charge in [0.15, 0.2) is 0 Å². The summed E-state index contributed by atoms with van der Waals surface area (Å²) in [5.74, 6) is 0.0951. The van der Waals surface area contributed by atoms with Gasteiger partial charge in [-0.2, -0.15) is 0 Å². The summed E-state index contributed by atoms with van der Waals surface area (Å²) in [5, 5.41) is 9.23. The second-order valence-electron chi connectivity index (χ2n) is 7.50. The third-order valence-electron chi connectivity index (χ3n) is 5.69. The zero-order valence-corrected chi connectivity index (χ0v) is 16.8. The monoisotopic (exact) mass is 393 g/mol. The van der Waals surface area contributed by atoms with Crippen LogP contribution >= 0.6 is 0 Å². The zero-order chi connectivity index (χ0) is 20.2. The normalized spacial score (nSPS) is 15.8. The molecule has 0 unspecified atom stereocenters. The van der Waals surface area contributed by atoms with Gasteiger partial charge in [0.25, 0.3) is 0 Å². The molecule has 1 aliphatic rings. The maximum Gasteiger partial charge on any atom is 0.335 e. The number of nitrogens with zero attached hydrogens (tertiary/aromatic N) is 5. The van der Waals surface area contributed by atoms with E-state index >= 15 is 0 Å². The van der Waals surface area contributed by atoms with E-state index in [1.165, 1.54) is 5.56 Å². The fourth-order valence-electron chi connectivity index (χ4n) is 3.99. The first-order valence-corrected chi connectivity index (χ1v) is 10.2. The van der Waals surface area contributed by atoms with E-state index in [9.17, 15) is 9.90 Å². The Morgan fingerprint density at radius 2 is 1.79 bits per heavy atom. The fourth-order valence-corrected chi connectivity index (χ4v) is 3.99. The molecule has 1 fully saturated rings. The van der Waals surface area contributed by atoms with Gasteiger partial charge in [0, 0.05) is 51.7 Å². The van der Waals surface area contributed by atoms with Gasteiger partial charge in [-0.3, -0.25) is 9.88 Å². The minimum absolute atomic E-state index is 0.285. The number of aryl methyl sites for hydroxylation is 1. The smallest absolute Gasteiger partial charge is 0.335 e. The Kier molecular flexibility index (Phi) is 5.87. The van der Waals surface area contributed by atoms with Gasteiger partial charge in [-0.1, -0.05) is 0 Å². The van der Waals surface area contributed by atoms with Crippen LogP contribution in [0.1, 0.15) is 28.7 Å². The number of fused-ring (bicyclic) bond motifs is 1. The molecule has 0 radical (unpaired) electrons. The van der Waals surface area contributed by atoms with Crippen LogP contribution in [-0.2, 0) is 19.5 Å². The van der Waals surface area contributed by atoms with Crippen LogP contribution in [0.15, 0.2) is 42.7 Å². The Bertz CT molecular complexity index is 978. The highest BCUT2D eigenvalue weighted by molar-refractivity contribution is 5.92. The van der Waals surface area contributed by atoms with Gasteiger partial charge >= 0.3 is 5.97 Å². The maximum atomic E-state index is 11.2. The number of carbonyl (C=O) groups is 1. The third-order valence-corrected chi connectivity index (χ3v) is 5.69. The van der Waals surface area contributed by atoms with Gasteiger partial charge in [0.05, 0.1) is 23.1 Å². The lowest BCUT2D eigenvalue weighted by Gasteiger charge is -2.34. The molecule has 1 aromatic carbocycles. The van der Waals surface area contributed by atoms with E-state index in [0.717, 1.165) is 69.1 Å². The minimum Gasteiger partial charge on any atom is -0.478 e. The summed E-state index contributed by atoms with van der Waals surface area (Å²) in [5.41, 5.74) is 3.38. The summed E-state index contributed by atoms with van der Waals surface area (Å²) in [6.07, 6.45) is 4.76. The molecule has 152 valence electrons. The van der Waals surface area contributed by atoms with Gasteiger partial charge in [0.2, 0.25) is 0 Å². The molecule has 0 bridgehead atoms. The number of carboxylic acid groups (broad SMARTS) is 1. The lowest BCUT2D eigenvalue weighted by atomic mass is 10.2. The number of pyridine rings is 1. The largest absolute Gasteiger partial charge is 0.478 e. The summed E-state index contributed by atoms with van der Waals surface area (Å²) in [4.78, 5) is 25.0. The summed E-state index contributed by atoms with van der Waals surface area (Å²) in [6, 6.07) is 9.37. The van der Waals surface area contributed by atoms with Crippen molar-refractivity contribution in [2.75, 3.05) is 32.7 Å². The molecule has 1 N–H and O–H groups in total. The first-order valence-electron chi connectivity index (χ1n) is 10.2. The van der Waals surface area contributed by atoms with Crippen LogP contribution < -0.4 is 0 Å². The van der Waals surface area contributed by atoms with Gasteiger partial charge in [-0.05, 0) is 49.2 Å². The first kappa shape index (κ1) is 19.5. The van der Waals surface area contributed by atoms with E-state index in [-0.39, 0.29) is 5.56 Å². The standard InChI is InChI=1S/C22H27N5O2/c1-2-27-20-4-3-18(22(28)29)15-19(20)24-21(27)16-26-13-11-25(12-14-26)10-7-17-5-8-23-9-6-17/h3-6,8-9,15H,2,7,10-14,16H2,1H3,(H,28,29). The average Bonchev–Trinajstić information content (AvgIpc) is 3.10. The predicted octanol–water partition coefficient (Wildman–Crippen LogP) is 2.51. The minimum atomic E-state index is -0.914. The number of imidazole rings is 1. The van der Waals surface area contributed by atoms with Crippen LogP contribution in [0, 0.1) is 0 Å². The van der Waals surface area contributed by atoms with E-state index < -0.39 is 5.97 Å². The van der Waals surface area contributed by atoms with Crippen LogP contribution in [0.4, 0.5) is 0 Å². The lowest BCUT2D eigenvalue weighted by Crippen LogP contribution is -2.46. The van der Waals surface area contributed by atoms with Crippen molar-refractivity contribution in [2.45, 2.75) is 26.4 Å². The number of carboxylic acids is 1. The van der Waals surface area contributed by atoms with Crippen molar-refractivity contribution in [2.24, 2.45) is 0 Å². The molecule has 3 heterocycles. The molecule has 7 nitrogen and oxygen atoms in total. The van der Waals surface area contributed by atoms with E-state index in [1.807, 2.05) is 18.5 Å². The quantitative estimate of drug-likeness (QED) is 0.665. The Balaban J connectivity index is 1.37. The molecule has 0 atom stereocenters. The molecule has 4 rings (SSSR count). The molecule has 2 aromatic heterocycles. The molecule has 0 amide bonds. The Labute approximate surface area is 170 Å². The SMILES string of the molecule is CCn1c(CN2CCN(CCc3ccncc3)CC2)nc2cc(C(=O)O)ccc21. The van der Waals surface area contributed by atoms with Crippen molar-refractivity contribution in [3.63, 3.8) is 0 Å². The van der Waals surface area contributed by atoms with Gasteiger partial charge in [-0.15, -0.1) is 0 Å².